The van der Waals surface area contributed by atoms with Gasteiger partial charge in [0.1, 0.15) is 16.9 Å². The number of pyridine rings is 1. The van der Waals surface area contributed by atoms with Gasteiger partial charge in [-0.3, -0.25) is 43.7 Å². The number of hydrogen-bond donors (Lipinski definition) is 8. The van der Waals surface area contributed by atoms with Crippen molar-refractivity contribution in [3.63, 3.8) is 0 Å². The summed E-state index contributed by atoms with van der Waals surface area (Å²) in [4.78, 5) is 65.6. The molecule has 0 aliphatic carbocycles. The number of rotatable bonds is 17. The molecule has 5 aromatic heterocycles. The van der Waals surface area contributed by atoms with Gasteiger partial charge >= 0.3 is 0 Å². The predicted octanol–water partition coefficient (Wildman–Crippen LogP) is 1.98. The highest BCUT2D eigenvalue weighted by Gasteiger charge is 2.25. The van der Waals surface area contributed by atoms with Crippen LogP contribution in [0.1, 0.15) is 73.3 Å². The molecule has 5 heterocycles. The van der Waals surface area contributed by atoms with Crippen molar-refractivity contribution < 1.29 is 19.2 Å². The van der Waals surface area contributed by atoms with Gasteiger partial charge in [0.05, 0.1) is 45.0 Å². The smallest absolute Gasteiger partial charge is 0.278 e. The van der Waals surface area contributed by atoms with E-state index < -0.39 is 23.6 Å². The zero-order chi connectivity index (χ0) is 41.8. The van der Waals surface area contributed by atoms with Crippen LogP contribution in [0, 0.1) is 13.8 Å². The van der Waals surface area contributed by atoms with Gasteiger partial charge in [0.2, 0.25) is 23.7 Å². The molecule has 0 radical (unpaired) electrons. The molecule has 0 unspecified atom stereocenters. The van der Waals surface area contributed by atoms with E-state index in [1.807, 2.05) is 33.0 Å². The van der Waals surface area contributed by atoms with Crippen LogP contribution >= 0.6 is 0 Å². The number of carbonyl (C=O) groups excluding carboxylic acids is 4. The third-order valence-electron chi connectivity index (χ3n) is 9.48. The summed E-state index contributed by atoms with van der Waals surface area (Å²) in [7, 11) is 1.86. The molecular formula is C37H47N17O4. The van der Waals surface area contributed by atoms with Crippen LogP contribution in [0.25, 0.3) is 22.2 Å². The first-order valence-corrected chi connectivity index (χ1v) is 18.6. The molecule has 4 amide bonds. The molecule has 0 saturated carbocycles. The second kappa shape index (κ2) is 16.8. The minimum atomic E-state index is -0.684. The van der Waals surface area contributed by atoms with Crippen molar-refractivity contribution in [2.75, 3.05) is 47.6 Å². The normalized spacial score (nSPS) is 11.5. The Labute approximate surface area is 332 Å². The number of anilines is 5. The molecule has 0 aliphatic heterocycles. The molecule has 6 aromatic rings. The Morgan fingerprint density at radius 1 is 0.741 bits per heavy atom. The van der Waals surface area contributed by atoms with Crippen molar-refractivity contribution in [3.05, 3.63) is 70.5 Å². The zero-order valence-electron chi connectivity index (χ0n) is 32.9. The number of benzene rings is 1. The van der Waals surface area contributed by atoms with Gasteiger partial charge in [0.25, 0.3) is 11.8 Å². The van der Waals surface area contributed by atoms with Crippen molar-refractivity contribution in [1.82, 2.24) is 49.0 Å². The van der Waals surface area contributed by atoms with Gasteiger partial charge in [0.15, 0.2) is 5.65 Å². The molecule has 0 saturated heterocycles. The maximum atomic E-state index is 13.8. The molecule has 58 heavy (non-hydrogen) atoms. The van der Waals surface area contributed by atoms with Crippen LogP contribution in [0.2, 0.25) is 0 Å². The number of nitrogens with zero attached hydrogens (tertiary/aromatic N) is 9. The van der Waals surface area contributed by atoms with Crippen molar-refractivity contribution >= 4 is 74.8 Å². The number of nitrogen functional groups attached to an aromatic ring is 2. The number of primary amides is 2. The minimum absolute atomic E-state index is 0.133. The summed E-state index contributed by atoms with van der Waals surface area (Å²) in [6.07, 6.45) is 5.76. The van der Waals surface area contributed by atoms with E-state index in [1.54, 1.807) is 35.1 Å². The molecule has 6 rings (SSSR count). The fourth-order valence-corrected chi connectivity index (χ4v) is 6.53. The van der Waals surface area contributed by atoms with Gasteiger partial charge in [-0.25, -0.2) is 15.0 Å². The van der Waals surface area contributed by atoms with E-state index in [-0.39, 0.29) is 58.9 Å². The van der Waals surface area contributed by atoms with Gasteiger partial charge in [0, 0.05) is 44.5 Å². The summed E-state index contributed by atoms with van der Waals surface area (Å²) in [5, 5.41) is 21.0. The minimum Gasteiger partial charge on any atom is -0.395 e. The van der Waals surface area contributed by atoms with E-state index in [4.69, 9.17) is 27.9 Å². The van der Waals surface area contributed by atoms with E-state index in [0.717, 1.165) is 13.0 Å². The van der Waals surface area contributed by atoms with E-state index in [9.17, 15) is 19.2 Å². The number of aromatic nitrogens is 9. The van der Waals surface area contributed by atoms with E-state index in [1.165, 1.54) is 21.6 Å². The second-order valence-electron chi connectivity index (χ2n) is 13.4. The van der Waals surface area contributed by atoms with Crippen molar-refractivity contribution in [3.8, 4) is 0 Å². The average molecular weight is 794 g/mol. The lowest BCUT2D eigenvalue weighted by atomic mass is 10.1. The highest BCUT2D eigenvalue weighted by atomic mass is 16.2. The highest BCUT2D eigenvalue weighted by Crippen LogP contribution is 2.30. The number of fused-ring (bicyclic) bond motifs is 2. The summed E-state index contributed by atoms with van der Waals surface area (Å²) in [5.74, 6) is -2.08. The van der Waals surface area contributed by atoms with Crippen molar-refractivity contribution in [1.29, 1.82) is 0 Å². The fourth-order valence-electron chi connectivity index (χ4n) is 6.53. The Hall–Kier alpha value is -7.29. The molecule has 12 N–H and O–H groups in total. The number of nitrogens with two attached hydrogens (primary N) is 4. The molecule has 0 fully saturated rings. The molecular weight excluding hydrogens is 747 g/mol. The number of nitrogens with one attached hydrogen (secondary N) is 4. The van der Waals surface area contributed by atoms with E-state index in [2.05, 4.69) is 41.4 Å². The zero-order valence-corrected chi connectivity index (χ0v) is 32.9. The van der Waals surface area contributed by atoms with Gasteiger partial charge in [-0.15, -0.1) is 0 Å². The lowest BCUT2D eigenvalue weighted by Crippen LogP contribution is -2.21. The Kier molecular flexibility index (Phi) is 11.7. The van der Waals surface area contributed by atoms with Crippen LogP contribution in [0.5, 0.6) is 0 Å². The SMILES string of the molecule is CCn1nc(C)c(N)c1C(=O)Nc1nc2cc(C(N)=O)cnc2n1C/C=C/Cn1c(NC(=O)c2c(N)c(C)nn2CC)nc2cc(C(N)=O)cc(NCCCNC)c21. The summed E-state index contributed by atoms with van der Waals surface area (Å²) in [6.45, 7) is 9.57. The number of carbonyl (C=O) groups is 4. The van der Waals surface area contributed by atoms with Crippen molar-refractivity contribution in [2.45, 2.75) is 60.3 Å². The maximum Gasteiger partial charge on any atom is 0.278 e. The average Bonchev–Trinajstić information content (AvgIpc) is 3.90. The third kappa shape index (κ3) is 7.87. The lowest BCUT2D eigenvalue weighted by molar-refractivity contribution is 0.0992. The number of hydrogen-bond acceptors (Lipinski definition) is 13. The number of allylic oxidation sites excluding steroid dienone is 2. The van der Waals surface area contributed by atoms with Crippen LogP contribution < -0.4 is 44.2 Å². The first-order chi connectivity index (χ1) is 27.8. The fraction of sp³-hybridized carbons (Fsp3) is 0.324. The molecule has 21 nitrogen and oxygen atoms in total. The Bertz CT molecular complexity index is 2590. The number of amides is 4. The summed E-state index contributed by atoms with van der Waals surface area (Å²) in [6, 6.07) is 4.72. The summed E-state index contributed by atoms with van der Waals surface area (Å²) >= 11 is 0. The van der Waals surface area contributed by atoms with E-state index >= 15 is 0 Å². The number of imidazole rings is 2. The lowest BCUT2D eigenvalue weighted by Gasteiger charge is -2.14. The van der Waals surface area contributed by atoms with E-state index in [0.29, 0.717) is 58.9 Å². The number of aryl methyl sites for hydroxylation is 4. The Balaban J connectivity index is 1.39. The summed E-state index contributed by atoms with van der Waals surface area (Å²) in [5.41, 5.74) is 28.3. The molecule has 0 spiro atoms. The van der Waals surface area contributed by atoms with Crippen LogP contribution in [0.15, 0.2) is 36.5 Å². The first-order valence-electron chi connectivity index (χ1n) is 18.6. The Morgan fingerprint density at radius 2 is 1.28 bits per heavy atom. The standard InChI is InChI=1S/C37H47N17O4/c1-6-53-29(26(38)19(3)49-53)34(57)47-36-45-24-16-21(31(40)55)15-23(43-12-10-11-42-5)28(24)51(36)13-8-9-14-52-33-25(17-22(18-44-33)32(41)56)46-37(52)48-35(58)30-27(39)20(4)50-54(30)7-2/h8-9,15-18,42-43H,6-7,10-14,38-39H2,1-5H3,(H2,40,55)(H2,41,56)(H,45,47,57)(H,46,48,58)/b9-8+. The largest absolute Gasteiger partial charge is 0.395 e. The van der Waals surface area contributed by atoms with Crippen LogP contribution in [0.4, 0.5) is 29.0 Å². The molecule has 0 bridgehead atoms. The predicted molar refractivity (Wildman–Crippen MR) is 220 cm³/mol. The van der Waals surface area contributed by atoms with Gasteiger partial charge in [-0.1, -0.05) is 12.2 Å². The van der Waals surface area contributed by atoms with Crippen LogP contribution in [-0.4, -0.2) is 87.4 Å². The summed E-state index contributed by atoms with van der Waals surface area (Å²) < 4.78 is 6.46. The van der Waals surface area contributed by atoms with Gasteiger partial charge < -0.3 is 38.1 Å². The van der Waals surface area contributed by atoms with Gasteiger partial charge in [-0.05, 0) is 65.9 Å². The molecule has 0 aliphatic rings. The van der Waals surface area contributed by atoms with Crippen molar-refractivity contribution in [2.24, 2.45) is 11.5 Å². The molecule has 1 aromatic carbocycles. The third-order valence-corrected chi connectivity index (χ3v) is 9.48. The molecule has 21 heteroatoms. The van der Waals surface area contributed by atoms with Crippen LogP contribution in [0.3, 0.4) is 0 Å². The maximum absolute atomic E-state index is 13.8. The quantitative estimate of drug-likeness (QED) is 0.0485. The first kappa shape index (κ1) is 40.4. The molecule has 0 atom stereocenters. The second-order valence-corrected chi connectivity index (χ2v) is 13.4. The van der Waals surface area contributed by atoms with Gasteiger partial charge in [-0.2, -0.15) is 10.2 Å². The Morgan fingerprint density at radius 3 is 1.83 bits per heavy atom. The highest BCUT2D eigenvalue weighted by molar-refractivity contribution is 6.08. The molecule has 304 valence electrons. The van der Waals surface area contributed by atoms with Crippen LogP contribution in [-0.2, 0) is 26.2 Å². The topological polar surface area (TPSA) is 305 Å². The monoisotopic (exact) mass is 793 g/mol.